The minimum atomic E-state index is -0.578. The fourth-order valence-corrected chi connectivity index (χ4v) is 5.37. The minimum Gasteiger partial charge on any atom is -0.462 e. The Hall–Kier alpha value is -4.12. The maximum Gasteiger partial charge on any atom is 0.338 e. The molecule has 1 aliphatic rings. The second-order valence-electron chi connectivity index (χ2n) is 12.7. The summed E-state index contributed by atoms with van der Waals surface area (Å²) in [6.45, 7) is 15.5. The number of esters is 4. The Morgan fingerprint density at radius 1 is 0.414 bits per heavy atom. The van der Waals surface area contributed by atoms with Crippen LogP contribution >= 0.6 is 0 Å². The summed E-state index contributed by atoms with van der Waals surface area (Å²) in [5.41, 5.74) is 1.82. The van der Waals surface area contributed by atoms with E-state index in [0.717, 1.165) is 26.1 Å². The zero-order valence-corrected chi connectivity index (χ0v) is 34.9. The van der Waals surface area contributed by atoms with Crippen molar-refractivity contribution in [1.82, 2.24) is 0 Å². The third kappa shape index (κ3) is 22.7. The van der Waals surface area contributed by atoms with Gasteiger partial charge in [-0.25, -0.2) is 19.2 Å². The predicted octanol–water partition coefficient (Wildman–Crippen LogP) is 6.45. The van der Waals surface area contributed by atoms with Gasteiger partial charge in [0.25, 0.3) is 0 Å². The van der Waals surface area contributed by atoms with Gasteiger partial charge in [-0.1, -0.05) is 25.7 Å². The highest BCUT2D eigenvalue weighted by molar-refractivity contribution is 5.97. The second kappa shape index (κ2) is 32.8. The van der Waals surface area contributed by atoms with Gasteiger partial charge in [0.1, 0.15) is 0 Å². The van der Waals surface area contributed by atoms with Crippen molar-refractivity contribution in [1.29, 1.82) is 0 Å². The highest BCUT2D eigenvalue weighted by atomic mass is 16.6. The first kappa shape index (κ1) is 50.0. The van der Waals surface area contributed by atoms with Crippen LogP contribution in [0, 0.1) is 0 Å². The Kier molecular flexibility index (Phi) is 28.3. The summed E-state index contributed by atoms with van der Waals surface area (Å²) in [4.78, 5) is 49.1. The largest absolute Gasteiger partial charge is 0.462 e. The quantitative estimate of drug-likeness (QED) is 0.194. The molecule has 2 aromatic rings. The maximum atomic E-state index is 12.3. The van der Waals surface area contributed by atoms with Crippen molar-refractivity contribution in [3.05, 3.63) is 64.2 Å². The van der Waals surface area contributed by atoms with Gasteiger partial charge in [-0.3, -0.25) is 0 Å². The first-order valence-corrected chi connectivity index (χ1v) is 20.5. The van der Waals surface area contributed by atoms with Crippen LogP contribution < -0.4 is 5.32 Å². The molecule has 0 aromatic heterocycles. The molecule has 326 valence electrons. The van der Waals surface area contributed by atoms with E-state index in [1.54, 1.807) is 52.0 Å². The van der Waals surface area contributed by atoms with E-state index in [0.29, 0.717) is 77.3 Å². The van der Waals surface area contributed by atoms with Crippen LogP contribution in [0.15, 0.2) is 36.4 Å². The van der Waals surface area contributed by atoms with Crippen LogP contribution in [-0.2, 0) is 53.9 Å². The Balaban J connectivity index is 0.000000426. The van der Waals surface area contributed by atoms with E-state index >= 15 is 0 Å². The van der Waals surface area contributed by atoms with Crippen molar-refractivity contribution in [2.24, 2.45) is 0 Å². The lowest BCUT2D eigenvalue weighted by Crippen LogP contribution is -2.14. The molecule has 0 spiro atoms. The summed E-state index contributed by atoms with van der Waals surface area (Å²) in [6.07, 6.45) is 7.31. The van der Waals surface area contributed by atoms with Crippen LogP contribution in [0.2, 0.25) is 0 Å². The Labute approximate surface area is 343 Å². The summed E-state index contributed by atoms with van der Waals surface area (Å²) in [7, 11) is 0. The van der Waals surface area contributed by atoms with Crippen molar-refractivity contribution in [2.75, 3.05) is 111 Å². The van der Waals surface area contributed by atoms with Gasteiger partial charge in [0.15, 0.2) is 0 Å². The summed E-state index contributed by atoms with van der Waals surface area (Å²) in [5, 5.41) is 3.11. The van der Waals surface area contributed by atoms with Gasteiger partial charge in [0.2, 0.25) is 0 Å². The molecular weight excluding hydrogens is 754 g/mol. The molecule has 0 radical (unpaired) electrons. The summed E-state index contributed by atoms with van der Waals surface area (Å²) in [5.74, 6) is -2.29. The average molecular weight is 820 g/mol. The van der Waals surface area contributed by atoms with Crippen LogP contribution in [0.25, 0.3) is 0 Å². The third-order valence-electron chi connectivity index (χ3n) is 8.15. The topological polar surface area (TPSA) is 173 Å². The van der Waals surface area contributed by atoms with Gasteiger partial charge in [-0.15, -0.1) is 0 Å². The number of rotatable bonds is 11. The number of carbonyl (C=O) groups excluding carboxylic acids is 4. The zero-order chi connectivity index (χ0) is 42.1. The molecule has 15 nitrogen and oxygen atoms in total. The Bertz CT molecular complexity index is 1190. The fraction of sp³-hybridized carbons (Fsp3) is 0.628. The Morgan fingerprint density at radius 3 is 1.00 bits per heavy atom. The van der Waals surface area contributed by atoms with Gasteiger partial charge in [0.05, 0.1) is 115 Å². The van der Waals surface area contributed by atoms with Crippen molar-refractivity contribution in [3.63, 3.8) is 0 Å². The molecule has 1 aliphatic heterocycles. The van der Waals surface area contributed by atoms with E-state index < -0.39 is 23.9 Å². The predicted molar refractivity (Wildman–Crippen MR) is 217 cm³/mol. The number of benzene rings is 2. The van der Waals surface area contributed by atoms with Crippen LogP contribution in [0.1, 0.15) is 113 Å². The lowest BCUT2D eigenvalue weighted by atomic mass is 10.0. The van der Waals surface area contributed by atoms with Crippen molar-refractivity contribution >= 4 is 29.6 Å². The molecule has 0 unspecified atom stereocenters. The van der Waals surface area contributed by atoms with Crippen molar-refractivity contribution < 1.29 is 66.5 Å². The first-order chi connectivity index (χ1) is 28.3. The second-order valence-corrected chi connectivity index (χ2v) is 12.7. The van der Waals surface area contributed by atoms with E-state index in [1.807, 2.05) is 0 Å². The standard InChI is InChI=1S/C25H29NO8.C18H36O6/c1-5-31-22(27)17-9-16(10-18(11-17)23(28)32-6-2)15-26-21-13-19(24(29)33-7-3)12-20(14-21)25(30)34-8-4;1-2-4-6-8-20-10-12-22-14-16-24-18-17-23-15-13-21-11-9-19-7-5-3-1/h9-14,26H,5-8,15H2,1-4H3;1-18H2. The number of nitrogens with one attached hydrogen (secondary N) is 1. The van der Waals surface area contributed by atoms with Crippen LogP contribution in [-0.4, -0.2) is 130 Å². The number of hydrogen-bond donors (Lipinski definition) is 1. The zero-order valence-electron chi connectivity index (χ0n) is 34.9. The summed E-state index contributed by atoms with van der Waals surface area (Å²) in [6, 6.07) is 9.09. The molecule has 0 atom stereocenters. The lowest BCUT2D eigenvalue weighted by molar-refractivity contribution is -0.0171. The fourth-order valence-electron chi connectivity index (χ4n) is 5.37. The number of hydrogen-bond acceptors (Lipinski definition) is 15. The van der Waals surface area contributed by atoms with Gasteiger partial charge in [0, 0.05) is 25.4 Å². The number of carbonyl (C=O) groups is 4. The number of ether oxygens (including phenoxy) is 10. The summed E-state index contributed by atoms with van der Waals surface area (Å²) < 4.78 is 53.1. The maximum absolute atomic E-state index is 12.3. The summed E-state index contributed by atoms with van der Waals surface area (Å²) >= 11 is 0. The highest BCUT2D eigenvalue weighted by Crippen LogP contribution is 2.20. The average Bonchev–Trinajstić information content (AvgIpc) is 3.22. The molecule has 15 heteroatoms. The van der Waals surface area contributed by atoms with Gasteiger partial charge in [-0.2, -0.15) is 0 Å². The molecule has 2 aromatic carbocycles. The molecule has 1 heterocycles. The molecule has 1 fully saturated rings. The Morgan fingerprint density at radius 2 is 0.690 bits per heavy atom. The third-order valence-corrected chi connectivity index (χ3v) is 8.15. The first-order valence-electron chi connectivity index (χ1n) is 20.5. The molecular formula is C43H65NO14. The van der Waals surface area contributed by atoms with Crippen LogP contribution in [0.4, 0.5) is 5.69 Å². The van der Waals surface area contributed by atoms with Gasteiger partial charge < -0.3 is 52.7 Å². The van der Waals surface area contributed by atoms with E-state index in [2.05, 4.69) is 5.32 Å². The smallest absolute Gasteiger partial charge is 0.338 e. The van der Waals surface area contributed by atoms with E-state index in [9.17, 15) is 19.2 Å². The SMILES string of the molecule is C1CCCCOCCOCCOCCOCCOCCOCCC1.CCOC(=O)c1cc(CNc2cc(C(=O)OCC)cc(C(=O)OCC)c2)cc(C(=O)OCC)c1. The van der Waals surface area contributed by atoms with Crippen LogP contribution in [0.5, 0.6) is 0 Å². The molecule has 3 rings (SSSR count). The van der Waals surface area contributed by atoms with Crippen molar-refractivity contribution in [3.8, 4) is 0 Å². The normalized spacial score (nSPS) is 15.9. The van der Waals surface area contributed by atoms with Crippen molar-refractivity contribution in [2.45, 2.75) is 72.8 Å². The monoisotopic (exact) mass is 819 g/mol. The van der Waals surface area contributed by atoms with E-state index in [-0.39, 0.29) is 55.2 Å². The van der Waals surface area contributed by atoms with Gasteiger partial charge in [-0.05, 0) is 82.5 Å². The van der Waals surface area contributed by atoms with Gasteiger partial charge >= 0.3 is 23.9 Å². The molecule has 0 aliphatic carbocycles. The molecule has 0 bridgehead atoms. The van der Waals surface area contributed by atoms with E-state index in [4.69, 9.17) is 47.4 Å². The molecule has 58 heavy (non-hydrogen) atoms. The molecule has 1 saturated heterocycles. The molecule has 0 saturated carbocycles. The van der Waals surface area contributed by atoms with Crippen LogP contribution in [0.3, 0.4) is 0 Å². The highest BCUT2D eigenvalue weighted by Gasteiger charge is 2.17. The lowest BCUT2D eigenvalue weighted by Gasteiger charge is -2.13. The minimum absolute atomic E-state index is 0.175. The molecule has 1 N–H and O–H groups in total. The molecule has 0 amide bonds. The number of anilines is 1. The van der Waals surface area contributed by atoms with E-state index in [1.165, 1.54) is 37.8 Å².